The highest BCUT2D eigenvalue weighted by atomic mass is 16.2. The van der Waals surface area contributed by atoms with Gasteiger partial charge >= 0.3 is 0 Å². The number of benzene rings is 1. The van der Waals surface area contributed by atoms with Crippen molar-refractivity contribution in [3.63, 3.8) is 0 Å². The summed E-state index contributed by atoms with van der Waals surface area (Å²) >= 11 is 0. The van der Waals surface area contributed by atoms with Gasteiger partial charge in [-0.1, -0.05) is 17.9 Å². The number of rotatable bonds is 4. The van der Waals surface area contributed by atoms with Crippen molar-refractivity contribution in [2.45, 2.75) is 38.6 Å². The summed E-state index contributed by atoms with van der Waals surface area (Å²) in [6, 6.07) is 6.34. The Morgan fingerprint density at radius 3 is 2.71 bits per heavy atom. The Hall–Kier alpha value is -1.79. The van der Waals surface area contributed by atoms with E-state index in [0.29, 0.717) is 12.6 Å². The van der Waals surface area contributed by atoms with E-state index in [2.05, 4.69) is 16.7 Å². The third-order valence-corrected chi connectivity index (χ3v) is 4.13. The highest BCUT2D eigenvalue weighted by molar-refractivity contribution is 5.97. The number of aryl methyl sites for hydroxylation is 1. The molecule has 0 saturated heterocycles. The van der Waals surface area contributed by atoms with Crippen LogP contribution in [0.25, 0.3) is 0 Å². The van der Waals surface area contributed by atoms with E-state index < -0.39 is 0 Å². The number of carbonyl (C=O) groups excluding carboxylic acids is 1. The molecule has 0 radical (unpaired) electrons. The molecule has 0 unspecified atom stereocenters. The van der Waals surface area contributed by atoms with E-state index >= 15 is 0 Å². The van der Waals surface area contributed by atoms with Crippen LogP contribution in [0.2, 0.25) is 0 Å². The number of hydrogen-bond donors (Lipinski definition) is 1. The van der Waals surface area contributed by atoms with Crippen molar-refractivity contribution in [3.05, 3.63) is 34.9 Å². The average Bonchev–Trinajstić information content (AvgIpc) is 3.35. The number of carbonyl (C=O) groups is 1. The molecule has 1 amide bonds. The highest BCUT2D eigenvalue weighted by Crippen LogP contribution is 2.35. The Morgan fingerprint density at radius 1 is 1.33 bits per heavy atom. The van der Waals surface area contributed by atoms with Gasteiger partial charge in [0, 0.05) is 18.2 Å². The van der Waals surface area contributed by atoms with Crippen molar-refractivity contribution in [1.82, 2.24) is 4.90 Å². The van der Waals surface area contributed by atoms with Crippen LogP contribution in [-0.4, -0.2) is 29.9 Å². The van der Waals surface area contributed by atoms with Gasteiger partial charge in [0.15, 0.2) is 0 Å². The van der Waals surface area contributed by atoms with Crippen LogP contribution >= 0.6 is 0 Å². The molecule has 2 N–H and O–H groups in total. The minimum atomic E-state index is 0.144. The quantitative estimate of drug-likeness (QED) is 0.862. The van der Waals surface area contributed by atoms with Crippen molar-refractivity contribution < 1.29 is 4.79 Å². The first-order valence-corrected chi connectivity index (χ1v) is 7.79. The summed E-state index contributed by atoms with van der Waals surface area (Å²) in [4.78, 5) is 15.0. The normalized spacial score (nSPS) is 17.0. The maximum Gasteiger partial charge on any atom is 0.255 e. The fraction of sp³-hybridized carbons (Fsp3) is 0.500. The van der Waals surface area contributed by atoms with Crippen LogP contribution in [0.4, 0.5) is 0 Å². The number of amides is 1. The second-order valence-electron chi connectivity index (χ2n) is 6.19. The van der Waals surface area contributed by atoms with Gasteiger partial charge in [-0.05, 0) is 56.2 Å². The minimum Gasteiger partial charge on any atom is -0.335 e. The molecule has 2 aliphatic carbocycles. The van der Waals surface area contributed by atoms with Crippen molar-refractivity contribution in [3.8, 4) is 11.8 Å². The summed E-state index contributed by atoms with van der Waals surface area (Å²) < 4.78 is 0. The van der Waals surface area contributed by atoms with E-state index in [9.17, 15) is 4.79 Å². The first-order chi connectivity index (χ1) is 10.2. The van der Waals surface area contributed by atoms with Gasteiger partial charge in [-0.15, -0.1) is 0 Å². The molecule has 2 fully saturated rings. The van der Waals surface area contributed by atoms with Crippen LogP contribution < -0.4 is 5.73 Å². The molecule has 2 aliphatic rings. The molecule has 3 heteroatoms. The van der Waals surface area contributed by atoms with E-state index in [4.69, 9.17) is 5.73 Å². The molecule has 0 heterocycles. The molecular weight excluding hydrogens is 260 g/mol. The largest absolute Gasteiger partial charge is 0.335 e. The van der Waals surface area contributed by atoms with Crippen LogP contribution in [0.15, 0.2) is 18.2 Å². The fourth-order valence-corrected chi connectivity index (χ4v) is 2.61. The van der Waals surface area contributed by atoms with Crippen LogP contribution in [0.5, 0.6) is 0 Å². The lowest BCUT2D eigenvalue weighted by atomic mass is 10.0. The molecule has 0 aliphatic heterocycles. The lowest BCUT2D eigenvalue weighted by Gasteiger charge is -2.23. The van der Waals surface area contributed by atoms with Gasteiger partial charge in [0.1, 0.15) is 0 Å². The zero-order valence-electron chi connectivity index (χ0n) is 12.6. The molecule has 21 heavy (non-hydrogen) atoms. The van der Waals surface area contributed by atoms with Gasteiger partial charge in [0.25, 0.3) is 5.91 Å². The predicted molar refractivity (Wildman–Crippen MR) is 83.9 cm³/mol. The maximum absolute atomic E-state index is 12.9. The van der Waals surface area contributed by atoms with Crippen LogP contribution in [-0.2, 0) is 0 Å². The SMILES string of the molecule is Cc1ccc(C(=O)N(CC2CC2)C2CC2)c(C#CCN)c1. The Balaban J connectivity index is 1.88. The molecular formula is C18H22N2O. The Bertz CT molecular complexity index is 603. The minimum absolute atomic E-state index is 0.144. The Labute approximate surface area is 126 Å². The molecule has 0 aromatic heterocycles. The molecule has 1 aromatic carbocycles. The molecule has 2 saturated carbocycles. The Kier molecular flexibility index (Phi) is 3.98. The third kappa shape index (κ3) is 3.46. The van der Waals surface area contributed by atoms with E-state index in [1.165, 1.54) is 12.8 Å². The van der Waals surface area contributed by atoms with Crippen LogP contribution in [0.1, 0.15) is 47.2 Å². The van der Waals surface area contributed by atoms with Gasteiger partial charge in [-0.25, -0.2) is 0 Å². The van der Waals surface area contributed by atoms with E-state index in [1.807, 2.05) is 25.1 Å². The van der Waals surface area contributed by atoms with Crippen molar-refractivity contribution in [2.24, 2.45) is 11.7 Å². The summed E-state index contributed by atoms with van der Waals surface area (Å²) in [5.74, 6) is 6.79. The second-order valence-corrected chi connectivity index (χ2v) is 6.19. The molecule has 110 valence electrons. The third-order valence-electron chi connectivity index (χ3n) is 4.13. The van der Waals surface area contributed by atoms with Gasteiger partial charge in [-0.3, -0.25) is 4.79 Å². The first kappa shape index (κ1) is 14.2. The van der Waals surface area contributed by atoms with Crippen molar-refractivity contribution >= 4 is 5.91 Å². The number of nitrogens with zero attached hydrogens (tertiary/aromatic N) is 1. The van der Waals surface area contributed by atoms with E-state index in [-0.39, 0.29) is 5.91 Å². The van der Waals surface area contributed by atoms with Gasteiger partial charge in [0.05, 0.1) is 12.1 Å². The molecule has 3 rings (SSSR count). The molecule has 1 aromatic rings. The maximum atomic E-state index is 12.9. The standard InChI is InChI=1S/C18H22N2O/c1-13-4-9-17(15(11-13)3-2-10-19)18(21)20(16-7-8-16)12-14-5-6-14/h4,9,11,14,16H,5-8,10,12,19H2,1H3. The first-order valence-electron chi connectivity index (χ1n) is 7.79. The van der Waals surface area contributed by atoms with Crippen LogP contribution in [0.3, 0.4) is 0 Å². The lowest BCUT2D eigenvalue weighted by molar-refractivity contribution is 0.0734. The van der Waals surface area contributed by atoms with E-state index in [0.717, 1.165) is 42.0 Å². The summed E-state index contributed by atoms with van der Waals surface area (Å²) in [5, 5.41) is 0. The monoisotopic (exact) mass is 282 g/mol. The van der Waals surface area contributed by atoms with Crippen LogP contribution in [0, 0.1) is 24.7 Å². The van der Waals surface area contributed by atoms with Crippen molar-refractivity contribution in [2.75, 3.05) is 13.1 Å². The fourth-order valence-electron chi connectivity index (χ4n) is 2.61. The van der Waals surface area contributed by atoms with Gasteiger partial charge in [-0.2, -0.15) is 0 Å². The summed E-state index contributed by atoms with van der Waals surface area (Å²) in [6.07, 6.45) is 4.83. The molecule has 0 bridgehead atoms. The second kappa shape index (κ2) is 5.91. The number of hydrogen-bond acceptors (Lipinski definition) is 2. The summed E-state index contributed by atoms with van der Waals surface area (Å²) in [7, 11) is 0. The van der Waals surface area contributed by atoms with E-state index in [1.54, 1.807) is 0 Å². The smallest absolute Gasteiger partial charge is 0.255 e. The molecule has 3 nitrogen and oxygen atoms in total. The average molecular weight is 282 g/mol. The van der Waals surface area contributed by atoms with Crippen molar-refractivity contribution in [1.29, 1.82) is 0 Å². The van der Waals surface area contributed by atoms with Gasteiger partial charge in [0.2, 0.25) is 0 Å². The molecule has 0 atom stereocenters. The summed E-state index contributed by atoms with van der Waals surface area (Å²) in [6.45, 7) is 3.25. The summed E-state index contributed by atoms with van der Waals surface area (Å²) in [5.41, 5.74) is 8.12. The number of nitrogens with two attached hydrogens (primary N) is 1. The lowest BCUT2D eigenvalue weighted by Crippen LogP contribution is -2.35. The zero-order valence-corrected chi connectivity index (χ0v) is 12.6. The topological polar surface area (TPSA) is 46.3 Å². The highest BCUT2D eigenvalue weighted by Gasteiger charge is 2.37. The Morgan fingerprint density at radius 2 is 2.10 bits per heavy atom. The zero-order chi connectivity index (χ0) is 14.8. The molecule has 0 spiro atoms. The van der Waals surface area contributed by atoms with Gasteiger partial charge < -0.3 is 10.6 Å². The predicted octanol–water partition coefficient (Wildman–Crippen LogP) is 2.32.